The zero-order chi connectivity index (χ0) is 18.4. The number of nitrogens with zero attached hydrogens (tertiary/aromatic N) is 1. The van der Waals surface area contributed by atoms with Crippen LogP contribution >= 0.6 is 0 Å². The Morgan fingerprint density at radius 3 is 2.36 bits per heavy atom. The van der Waals surface area contributed by atoms with Gasteiger partial charge in [0.1, 0.15) is 30.1 Å². The number of benzene rings is 2. The molecule has 4 nitrogen and oxygen atoms in total. The first kappa shape index (κ1) is 18.9. The maximum absolute atomic E-state index is 13.6. The predicted octanol–water partition coefficient (Wildman–Crippen LogP) is 3.56. The molecule has 0 bridgehead atoms. The minimum absolute atomic E-state index is 0.0709. The molecule has 2 aromatic rings. The van der Waals surface area contributed by atoms with E-state index in [9.17, 15) is 18.7 Å². The van der Waals surface area contributed by atoms with E-state index >= 15 is 0 Å². The van der Waals surface area contributed by atoms with Crippen molar-refractivity contribution in [2.45, 2.75) is 20.0 Å². The molecule has 0 heterocycles. The number of hydrogen-bond donors (Lipinski definition) is 1. The number of ether oxygens (including phenoxy) is 1. The zero-order valence-electron chi connectivity index (χ0n) is 14.2. The van der Waals surface area contributed by atoms with E-state index in [2.05, 4.69) is 0 Å². The molecular weight excluding hydrogens is 328 g/mol. The van der Waals surface area contributed by atoms with Crippen LogP contribution < -0.4 is 4.74 Å². The SMILES string of the molecule is CCN(CC)C(=O)c1ccc(OCC(O)c2cc(F)ccc2F)cc1. The van der Waals surface area contributed by atoms with Gasteiger partial charge in [0.25, 0.3) is 5.91 Å². The molecule has 1 unspecified atom stereocenters. The number of hydrogen-bond acceptors (Lipinski definition) is 3. The lowest BCUT2D eigenvalue weighted by molar-refractivity contribution is 0.0772. The normalized spacial score (nSPS) is 11.9. The summed E-state index contributed by atoms with van der Waals surface area (Å²) in [7, 11) is 0. The number of carbonyl (C=O) groups excluding carboxylic acids is 1. The predicted molar refractivity (Wildman–Crippen MR) is 90.5 cm³/mol. The Morgan fingerprint density at radius 1 is 1.12 bits per heavy atom. The van der Waals surface area contributed by atoms with Gasteiger partial charge >= 0.3 is 0 Å². The molecule has 0 spiro atoms. The Kier molecular flexibility index (Phi) is 6.47. The fourth-order valence-corrected chi connectivity index (χ4v) is 2.42. The van der Waals surface area contributed by atoms with Crippen molar-refractivity contribution < 1.29 is 23.4 Å². The summed E-state index contributed by atoms with van der Waals surface area (Å²) in [6.07, 6.45) is -1.30. The molecule has 0 aliphatic carbocycles. The molecule has 0 saturated carbocycles. The van der Waals surface area contributed by atoms with Crippen molar-refractivity contribution in [1.29, 1.82) is 0 Å². The van der Waals surface area contributed by atoms with Gasteiger partial charge in [0.15, 0.2) is 0 Å². The first-order valence-corrected chi connectivity index (χ1v) is 8.11. The van der Waals surface area contributed by atoms with Crippen molar-refractivity contribution in [2.75, 3.05) is 19.7 Å². The fourth-order valence-electron chi connectivity index (χ4n) is 2.42. The maximum atomic E-state index is 13.6. The molecule has 1 amide bonds. The Balaban J connectivity index is 1.99. The summed E-state index contributed by atoms with van der Waals surface area (Å²) in [5.41, 5.74) is 0.376. The summed E-state index contributed by atoms with van der Waals surface area (Å²) >= 11 is 0. The largest absolute Gasteiger partial charge is 0.491 e. The fraction of sp³-hybridized carbons (Fsp3) is 0.316. The maximum Gasteiger partial charge on any atom is 0.253 e. The Morgan fingerprint density at radius 2 is 1.76 bits per heavy atom. The number of rotatable bonds is 7. The molecular formula is C19H21F2NO3. The minimum Gasteiger partial charge on any atom is -0.491 e. The highest BCUT2D eigenvalue weighted by Crippen LogP contribution is 2.21. The molecule has 134 valence electrons. The van der Waals surface area contributed by atoms with Crippen LogP contribution in [0.15, 0.2) is 42.5 Å². The lowest BCUT2D eigenvalue weighted by Crippen LogP contribution is -2.30. The third-order valence-corrected chi connectivity index (χ3v) is 3.88. The number of halogens is 2. The van der Waals surface area contributed by atoms with E-state index in [4.69, 9.17) is 4.74 Å². The van der Waals surface area contributed by atoms with Gasteiger partial charge in [-0.25, -0.2) is 8.78 Å². The van der Waals surface area contributed by atoms with Gasteiger partial charge in [0.05, 0.1) is 0 Å². The number of amides is 1. The average Bonchev–Trinajstić information content (AvgIpc) is 2.63. The summed E-state index contributed by atoms with van der Waals surface area (Å²) in [6, 6.07) is 9.35. The Labute approximate surface area is 145 Å². The molecule has 1 atom stereocenters. The van der Waals surface area contributed by atoms with Crippen LogP contribution in [0.3, 0.4) is 0 Å². The molecule has 0 fully saturated rings. The molecule has 1 N–H and O–H groups in total. The van der Waals surface area contributed by atoms with E-state index in [0.717, 1.165) is 18.2 Å². The Hall–Kier alpha value is -2.47. The highest BCUT2D eigenvalue weighted by Gasteiger charge is 2.15. The first-order valence-electron chi connectivity index (χ1n) is 8.11. The smallest absolute Gasteiger partial charge is 0.253 e. The number of carbonyl (C=O) groups is 1. The molecule has 6 heteroatoms. The third kappa shape index (κ3) is 4.76. The Bertz CT molecular complexity index is 715. The van der Waals surface area contributed by atoms with Crippen molar-refractivity contribution in [3.63, 3.8) is 0 Å². The van der Waals surface area contributed by atoms with Crippen LogP contribution in [-0.2, 0) is 0 Å². The number of aliphatic hydroxyl groups is 1. The van der Waals surface area contributed by atoms with E-state index in [1.165, 1.54) is 0 Å². The molecule has 25 heavy (non-hydrogen) atoms. The van der Waals surface area contributed by atoms with E-state index < -0.39 is 17.7 Å². The summed E-state index contributed by atoms with van der Waals surface area (Å²) in [5.74, 6) is -0.974. The van der Waals surface area contributed by atoms with Crippen LogP contribution in [0.4, 0.5) is 8.78 Å². The second-order valence-corrected chi connectivity index (χ2v) is 5.49. The number of aliphatic hydroxyl groups excluding tert-OH is 1. The monoisotopic (exact) mass is 349 g/mol. The van der Waals surface area contributed by atoms with Gasteiger partial charge in [0.2, 0.25) is 0 Å². The second-order valence-electron chi connectivity index (χ2n) is 5.49. The van der Waals surface area contributed by atoms with Crippen LogP contribution in [0.2, 0.25) is 0 Å². The van der Waals surface area contributed by atoms with Crippen LogP contribution in [0, 0.1) is 11.6 Å². The highest BCUT2D eigenvalue weighted by atomic mass is 19.1. The molecule has 2 rings (SSSR count). The summed E-state index contributed by atoms with van der Waals surface area (Å²) < 4.78 is 32.2. The van der Waals surface area contributed by atoms with Gasteiger partial charge in [0, 0.05) is 24.2 Å². The van der Waals surface area contributed by atoms with Crippen molar-refractivity contribution in [3.8, 4) is 5.75 Å². The molecule has 0 aromatic heterocycles. The van der Waals surface area contributed by atoms with Crippen molar-refractivity contribution in [3.05, 3.63) is 65.2 Å². The van der Waals surface area contributed by atoms with Gasteiger partial charge in [-0.3, -0.25) is 4.79 Å². The minimum atomic E-state index is -1.30. The van der Waals surface area contributed by atoms with Crippen LogP contribution in [0.1, 0.15) is 35.9 Å². The third-order valence-electron chi connectivity index (χ3n) is 3.88. The van der Waals surface area contributed by atoms with Gasteiger partial charge in [-0.2, -0.15) is 0 Å². The van der Waals surface area contributed by atoms with E-state index in [-0.39, 0.29) is 18.1 Å². The van der Waals surface area contributed by atoms with Crippen molar-refractivity contribution in [2.24, 2.45) is 0 Å². The summed E-state index contributed by atoms with van der Waals surface area (Å²) in [4.78, 5) is 13.9. The zero-order valence-corrected chi connectivity index (χ0v) is 14.2. The summed E-state index contributed by atoms with van der Waals surface area (Å²) in [5, 5.41) is 9.97. The molecule has 0 aliphatic rings. The van der Waals surface area contributed by atoms with E-state index in [1.807, 2.05) is 13.8 Å². The lowest BCUT2D eigenvalue weighted by Gasteiger charge is -2.19. The van der Waals surface area contributed by atoms with E-state index in [1.54, 1.807) is 29.2 Å². The highest BCUT2D eigenvalue weighted by molar-refractivity contribution is 5.94. The van der Waals surface area contributed by atoms with Gasteiger partial charge < -0.3 is 14.7 Å². The van der Waals surface area contributed by atoms with Gasteiger partial charge in [-0.05, 0) is 56.3 Å². The molecule has 2 aromatic carbocycles. The van der Waals surface area contributed by atoms with Gasteiger partial charge in [-0.1, -0.05) is 0 Å². The standard InChI is InChI=1S/C19H21F2NO3/c1-3-22(4-2)19(24)13-5-8-15(9-6-13)25-12-18(23)16-11-14(20)7-10-17(16)21/h5-11,18,23H,3-4,12H2,1-2H3. The van der Waals surface area contributed by atoms with Crippen LogP contribution in [0.5, 0.6) is 5.75 Å². The van der Waals surface area contributed by atoms with E-state index in [0.29, 0.717) is 24.4 Å². The quantitative estimate of drug-likeness (QED) is 0.831. The second kappa shape index (κ2) is 8.58. The van der Waals surface area contributed by atoms with Crippen molar-refractivity contribution >= 4 is 5.91 Å². The molecule has 0 radical (unpaired) electrons. The average molecular weight is 349 g/mol. The van der Waals surface area contributed by atoms with Crippen molar-refractivity contribution in [1.82, 2.24) is 4.90 Å². The summed E-state index contributed by atoms with van der Waals surface area (Å²) in [6.45, 7) is 4.83. The molecule has 0 saturated heterocycles. The topological polar surface area (TPSA) is 49.8 Å². The van der Waals surface area contributed by atoms with Crippen LogP contribution in [0.25, 0.3) is 0 Å². The van der Waals surface area contributed by atoms with Gasteiger partial charge in [-0.15, -0.1) is 0 Å². The molecule has 0 aliphatic heterocycles. The lowest BCUT2D eigenvalue weighted by atomic mass is 10.1. The first-order chi connectivity index (χ1) is 12.0. The van der Waals surface area contributed by atoms with Crippen LogP contribution in [-0.4, -0.2) is 35.6 Å².